The van der Waals surface area contributed by atoms with Crippen LogP contribution >= 0.6 is 0 Å². The molecule has 0 fully saturated rings. The quantitative estimate of drug-likeness (QED) is 0.687. The van der Waals surface area contributed by atoms with Crippen molar-refractivity contribution in [2.75, 3.05) is 16.8 Å². The van der Waals surface area contributed by atoms with Gasteiger partial charge in [-0.1, -0.05) is 60.7 Å². The Hall–Kier alpha value is -3.73. The zero-order valence-electron chi connectivity index (χ0n) is 17.1. The van der Waals surface area contributed by atoms with Crippen molar-refractivity contribution >= 4 is 34.6 Å². The van der Waals surface area contributed by atoms with E-state index in [9.17, 15) is 9.59 Å². The summed E-state index contributed by atoms with van der Waals surface area (Å²) < 4.78 is 0. The lowest BCUT2D eigenvalue weighted by molar-refractivity contribution is -0.120. The average Bonchev–Trinajstić information content (AvgIpc) is 2.88. The van der Waals surface area contributed by atoms with Crippen LogP contribution in [0.25, 0.3) is 0 Å². The van der Waals surface area contributed by atoms with Gasteiger partial charge in [0.25, 0.3) is 0 Å². The predicted molar refractivity (Wildman–Crippen MR) is 121 cm³/mol. The molecule has 0 saturated heterocycles. The van der Waals surface area contributed by atoms with Crippen LogP contribution in [0.1, 0.15) is 23.1 Å². The number of amides is 2. The maximum atomic E-state index is 13.1. The minimum atomic E-state index is -0.237. The van der Waals surface area contributed by atoms with E-state index in [0.29, 0.717) is 17.1 Å². The molecular weight excluding hydrogens is 374 g/mol. The third-order valence-corrected chi connectivity index (χ3v) is 5.20. The van der Waals surface area contributed by atoms with E-state index >= 15 is 0 Å². The Labute approximate surface area is 176 Å². The van der Waals surface area contributed by atoms with Gasteiger partial charge in [0.05, 0.1) is 23.5 Å². The molecule has 5 heteroatoms. The molecule has 0 radical (unpaired) electrons. The predicted octanol–water partition coefficient (Wildman–Crippen LogP) is 4.80. The molecule has 0 atom stereocenters. The Balaban J connectivity index is 1.62. The monoisotopic (exact) mass is 397 g/mol. The van der Waals surface area contributed by atoms with Gasteiger partial charge in [-0.15, -0.1) is 0 Å². The van der Waals surface area contributed by atoms with Gasteiger partial charge in [-0.2, -0.15) is 0 Å². The van der Waals surface area contributed by atoms with E-state index in [2.05, 4.69) is 5.32 Å². The summed E-state index contributed by atoms with van der Waals surface area (Å²) in [7, 11) is 0. The number of fused-ring (bicyclic) bond motifs is 1. The van der Waals surface area contributed by atoms with Crippen LogP contribution in [0.15, 0.2) is 77.8 Å². The molecule has 1 aliphatic heterocycles. The first-order chi connectivity index (χ1) is 14.5. The Kier molecular flexibility index (Phi) is 5.44. The van der Waals surface area contributed by atoms with E-state index in [1.54, 1.807) is 0 Å². The number of hydrogen-bond donors (Lipinski definition) is 1. The number of aliphatic imine (C=N–C) groups is 1. The van der Waals surface area contributed by atoms with Crippen LogP contribution in [0.3, 0.4) is 0 Å². The third kappa shape index (κ3) is 4.01. The zero-order valence-corrected chi connectivity index (χ0v) is 17.1. The van der Waals surface area contributed by atoms with Gasteiger partial charge in [-0.05, 0) is 42.7 Å². The maximum absolute atomic E-state index is 13.1. The number of rotatable bonds is 4. The fourth-order valence-corrected chi connectivity index (χ4v) is 3.65. The summed E-state index contributed by atoms with van der Waals surface area (Å²) in [6.07, 6.45) is 0.134. The summed E-state index contributed by atoms with van der Waals surface area (Å²) in [6.45, 7) is 3.84. The molecule has 2 amide bonds. The van der Waals surface area contributed by atoms with Gasteiger partial charge >= 0.3 is 0 Å². The number of nitrogens with zero attached hydrogens (tertiary/aromatic N) is 2. The van der Waals surface area contributed by atoms with Crippen molar-refractivity contribution in [3.8, 4) is 0 Å². The summed E-state index contributed by atoms with van der Waals surface area (Å²) >= 11 is 0. The molecule has 1 heterocycles. The van der Waals surface area contributed by atoms with E-state index in [1.165, 1.54) is 4.90 Å². The zero-order chi connectivity index (χ0) is 21.1. The van der Waals surface area contributed by atoms with Crippen LogP contribution in [0.4, 0.5) is 17.1 Å². The number of hydrogen-bond acceptors (Lipinski definition) is 3. The SMILES string of the molecule is Cc1cccc(C)c1NC(=O)CN1C(=O)CC(c2ccccc2)=Nc2ccccc21. The number of anilines is 2. The molecule has 0 unspecified atom stereocenters. The molecule has 0 spiro atoms. The fraction of sp³-hybridized carbons (Fsp3) is 0.160. The highest BCUT2D eigenvalue weighted by atomic mass is 16.2. The molecule has 30 heavy (non-hydrogen) atoms. The molecule has 5 nitrogen and oxygen atoms in total. The normalized spacial score (nSPS) is 13.3. The van der Waals surface area contributed by atoms with E-state index in [1.807, 2.05) is 86.6 Å². The fourth-order valence-electron chi connectivity index (χ4n) is 3.65. The van der Waals surface area contributed by atoms with Crippen LogP contribution in [-0.2, 0) is 9.59 Å². The molecule has 150 valence electrons. The lowest BCUT2D eigenvalue weighted by atomic mass is 10.1. The number of carbonyl (C=O) groups is 2. The largest absolute Gasteiger partial charge is 0.324 e. The number of para-hydroxylation sites is 3. The smallest absolute Gasteiger partial charge is 0.244 e. The van der Waals surface area contributed by atoms with Crippen LogP contribution < -0.4 is 10.2 Å². The first-order valence-electron chi connectivity index (χ1n) is 9.91. The van der Waals surface area contributed by atoms with Crippen molar-refractivity contribution in [1.29, 1.82) is 0 Å². The second kappa shape index (κ2) is 8.33. The van der Waals surface area contributed by atoms with Gasteiger partial charge in [0.1, 0.15) is 6.54 Å². The molecule has 0 bridgehead atoms. The Morgan fingerprint density at radius 1 is 0.933 bits per heavy atom. The number of nitrogens with one attached hydrogen (secondary N) is 1. The van der Waals surface area contributed by atoms with Crippen molar-refractivity contribution in [1.82, 2.24) is 0 Å². The van der Waals surface area contributed by atoms with Gasteiger partial charge in [0, 0.05) is 5.69 Å². The number of carbonyl (C=O) groups excluding carboxylic acids is 2. The van der Waals surface area contributed by atoms with Crippen molar-refractivity contribution < 1.29 is 9.59 Å². The van der Waals surface area contributed by atoms with Gasteiger partial charge in [0.2, 0.25) is 11.8 Å². The van der Waals surface area contributed by atoms with Crippen LogP contribution in [0.5, 0.6) is 0 Å². The topological polar surface area (TPSA) is 61.8 Å². The average molecular weight is 397 g/mol. The summed E-state index contributed by atoms with van der Waals surface area (Å²) in [6, 6.07) is 23.0. The summed E-state index contributed by atoms with van der Waals surface area (Å²) in [4.78, 5) is 32.3. The minimum Gasteiger partial charge on any atom is -0.324 e. The molecule has 4 rings (SSSR count). The van der Waals surface area contributed by atoms with Crippen molar-refractivity contribution in [3.05, 3.63) is 89.5 Å². The summed E-state index contributed by atoms with van der Waals surface area (Å²) in [5, 5.41) is 2.97. The van der Waals surface area contributed by atoms with E-state index in [-0.39, 0.29) is 24.8 Å². The lowest BCUT2D eigenvalue weighted by Crippen LogP contribution is -2.38. The number of aryl methyl sites for hydroxylation is 2. The Bertz CT molecular complexity index is 1120. The van der Waals surface area contributed by atoms with Crippen molar-refractivity contribution in [2.24, 2.45) is 4.99 Å². The minimum absolute atomic E-state index is 0.0682. The first-order valence-corrected chi connectivity index (χ1v) is 9.91. The Morgan fingerprint density at radius 3 is 2.33 bits per heavy atom. The third-order valence-electron chi connectivity index (χ3n) is 5.20. The highest BCUT2D eigenvalue weighted by Crippen LogP contribution is 2.33. The van der Waals surface area contributed by atoms with E-state index in [0.717, 1.165) is 22.4 Å². The molecule has 0 aliphatic carbocycles. The molecule has 3 aromatic carbocycles. The van der Waals surface area contributed by atoms with Gasteiger partial charge in [0.15, 0.2) is 0 Å². The van der Waals surface area contributed by atoms with Crippen molar-refractivity contribution in [3.63, 3.8) is 0 Å². The highest BCUT2D eigenvalue weighted by Gasteiger charge is 2.26. The van der Waals surface area contributed by atoms with Gasteiger partial charge in [-0.25, -0.2) is 0 Å². The second-order valence-electron chi connectivity index (χ2n) is 7.38. The summed E-state index contributed by atoms with van der Waals surface area (Å²) in [5.41, 5.74) is 5.70. The molecular formula is C25H23N3O2. The van der Waals surface area contributed by atoms with E-state index in [4.69, 9.17) is 4.99 Å². The highest BCUT2D eigenvalue weighted by molar-refractivity contribution is 6.19. The maximum Gasteiger partial charge on any atom is 0.244 e. The van der Waals surface area contributed by atoms with Gasteiger partial charge in [-0.3, -0.25) is 14.6 Å². The second-order valence-corrected chi connectivity index (χ2v) is 7.38. The van der Waals surface area contributed by atoms with E-state index < -0.39 is 0 Å². The molecule has 3 aromatic rings. The molecule has 0 aromatic heterocycles. The van der Waals surface area contributed by atoms with Crippen LogP contribution in [0.2, 0.25) is 0 Å². The van der Waals surface area contributed by atoms with Crippen LogP contribution in [0, 0.1) is 13.8 Å². The first kappa shape index (κ1) is 19.6. The number of benzene rings is 3. The molecule has 0 saturated carbocycles. The molecule has 1 aliphatic rings. The molecule has 1 N–H and O–H groups in total. The van der Waals surface area contributed by atoms with Gasteiger partial charge < -0.3 is 10.2 Å². The van der Waals surface area contributed by atoms with Crippen molar-refractivity contribution in [2.45, 2.75) is 20.3 Å². The summed E-state index contributed by atoms with van der Waals surface area (Å²) in [5.74, 6) is -0.391. The lowest BCUT2D eigenvalue weighted by Gasteiger charge is -2.22. The standard InChI is InChI=1S/C25H23N3O2/c1-17-9-8-10-18(2)25(17)27-23(29)16-28-22-14-7-6-13-20(22)26-21(15-24(28)30)19-11-4-3-5-12-19/h3-14H,15-16H2,1-2H3,(H,27,29). The van der Waals surface area contributed by atoms with Crippen LogP contribution in [-0.4, -0.2) is 24.1 Å². The Morgan fingerprint density at radius 2 is 1.60 bits per heavy atom.